The number of nitrogens with zero attached hydrogens (tertiary/aromatic N) is 1. The summed E-state index contributed by atoms with van der Waals surface area (Å²) in [6.07, 6.45) is 4.90. The number of piperidine rings is 1. The first-order chi connectivity index (χ1) is 10.2. The van der Waals surface area contributed by atoms with Crippen LogP contribution in [0.4, 0.5) is 0 Å². The summed E-state index contributed by atoms with van der Waals surface area (Å²) in [5.41, 5.74) is 0.920. The molecule has 0 N–H and O–H groups in total. The predicted octanol–water partition coefficient (Wildman–Crippen LogP) is 3.04. The van der Waals surface area contributed by atoms with Crippen LogP contribution in [0.3, 0.4) is 0 Å². The quantitative estimate of drug-likeness (QED) is 0.837. The zero-order valence-electron chi connectivity index (χ0n) is 13.2. The second kappa shape index (κ2) is 7.34. The van der Waals surface area contributed by atoms with Crippen molar-refractivity contribution in [2.24, 2.45) is 0 Å². The van der Waals surface area contributed by atoms with Crippen molar-refractivity contribution in [1.29, 1.82) is 0 Å². The van der Waals surface area contributed by atoms with E-state index >= 15 is 0 Å². The Kier molecular flexibility index (Phi) is 5.48. The molecule has 2 rings (SSSR count). The van der Waals surface area contributed by atoms with E-state index in [4.69, 9.17) is 9.47 Å². The third-order valence-corrected chi connectivity index (χ3v) is 4.25. The third-order valence-electron chi connectivity index (χ3n) is 4.25. The minimum absolute atomic E-state index is 0.199. The Balaban J connectivity index is 2.11. The fourth-order valence-electron chi connectivity index (χ4n) is 3.02. The van der Waals surface area contributed by atoms with E-state index in [-0.39, 0.29) is 5.91 Å². The average Bonchev–Trinajstić information content (AvgIpc) is 2.55. The number of amides is 1. The van der Waals surface area contributed by atoms with Crippen molar-refractivity contribution in [2.75, 3.05) is 20.8 Å². The van der Waals surface area contributed by atoms with E-state index in [1.165, 1.54) is 6.42 Å². The van der Waals surface area contributed by atoms with Crippen LogP contribution < -0.4 is 9.47 Å². The first-order valence-electron chi connectivity index (χ1n) is 7.70. The lowest BCUT2D eigenvalue weighted by Crippen LogP contribution is -2.44. The summed E-state index contributed by atoms with van der Waals surface area (Å²) in [6, 6.07) is 6.02. The number of rotatable bonds is 5. The summed E-state index contributed by atoms with van der Waals surface area (Å²) in [4.78, 5) is 14.6. The molecule has 1 aliphatic heterocycles. The highest BCUT2D eigenvalue weighted by atomic mass is 16.5. The molecule has 0 aliphatic carbocycles. The van der Waals surface area contributed by atoms with Gasteiger partial charge in [-0.15, -0.1) is 0 Å². The molecule has 1 aliphatic rings. The molecule has 4 heteroatoms. The van der Waals surface area contributed by atoms with Crippen molar-refractivity contribution in [3.05, 3.63) is 23.8 Å². The molecule has 21 heavy (non-hydrogen) atoms. The van der Waals surface area contributed by atoms with E-state index in [9.17, 15) is 4.79 Å². The summed E-state index contributed by atoms with van der Waals surface area (Å²) in [6.45, 7) is 3.04. The van der Waals surface area contributed by atoms with Crippen molar-refractivity contribution >= 4 is 5.91 Å². The number of methoxy groups -OCH3 is 2. The van der Waals surface area contributed by atoms with Crippen LogP contribution in [0.5, 0.6) is 11.5 Å². The molecule has 1 atom stereocenters. The fraction of sp³-hybridized carbons (Fsp3) is 0.588. The number of hydrogen-bond donors (Lipinski definition) is 0. The van der Waals surface area contributed by atoms with Crippen molar-refractivity contribution in [3.63, 3.8) is 0 Å². The molecule has 0 radical (unpaired) electrons. The second-order valence-corrected chi connectivity index (χ2v) is 5.50. The molecule has 1 aromatic rings. The van der Waals surface area contributed by atoms with E-state index in [1.54, 1.807) is 14.2 Å². The lowest BCUT2D eigenvalue weighted by Gasteiger charge is -2.35. The number of carbonyl (C=O) groups excluding carboxylic acids is 1. The van der Waals surface area contributed by atoms with E-state index in [0.29, 0.717) is 18.2 Å². The summed E-state index contributed by atoms with van der Waals surface area (Å²) >= 11 is 0. The fourth-order valence-corrected chi connectivity index (χ4v) is 3.02. The maximum Gasteiger partial charge on any atom is 0.227 e. The second-order valence-electron chi connectivity index (χ2n) is 5.50. The van der Waals surface area contributed by atoms with Gasteiger partial charge >= 0.3 is 0 Å². The van der Waals surface area contributed by atoms with Gasteiger partial charge in [0.1, 0.15) is 11.5 Å². The monoisotopic (exact) mass is 291 g/mol. The lowest BCUT2D eigenvalue weighted by atomic mass is 9.98. The third kappa shape index (κ3) is 3.69. The number of carbonyl (C=O) groups is 1. The van der Waals surface area contributed by atoms with Crippen molar-refractivity contribution in [1.82, 2.24) is 4.90 Å². The van der Waals surface area contributed by atoms with Gasteiger partial charge in [-0.25, -0.2) is 0 Å². The van der Waals surface area contributed by atoms with Gasteiger partial charge in [0.25, 0.3) is 0 Å². The first-order valence-corrected chi connectivity index (χ1v) is 7.70. The minimum Gasteiger partial charge on any atom is -0.497 e. The molecule has 0 saturated carbocycles. The molecule has 1 amide bonds. The molecule has 4 nitrogen and oxygen atoms in total. The highest BCUT2D eigenvalue weighted by Crippen LogP contribution is 2.27. The van der Waals surface area contributed by atoms with Crippen LogP contribution in [-0.2, 0) is 11.2 Å². The molecule has 1 heterocycles. The molecule has 0 spiro atoms. The van der Waals surface area contributed by atoms with Gasteiger partial charge in [-0.2, -0.15) is 0 Å². The van der Waals surface area contributed by atoms with E-state index in [1.807, 2.05) is 23.1 Å². The highest BCUT2D eigenvalue weighted by molar-refractivity contribution is 5.80. The van der Waals surface area contributed by atoms with Crippen LogP contribution in [0.15, 0.2) is 18.2 Å². The van der Waals surface area contributed by atoms with Crippen LogP contribution in [-0.4, -0.2) is 37.6 Å². The van der Waals surface area contributed by atoms with Crippen LogP contribution in [0, 0.1) is 0 Å². The molecule has 1 aromatic carbocycles. The van der Waals surface area contributed by atoms with E-state index in [2.05, 4.69) is 6.92 Å². The zero-order valence-corrected chi connectivity index (χ0v) is 13.2. The summed E-state index contributed by atoms with van der Waals surface area (Å²) in [7, 11) is 3.25. The summed E-state index contributed by atoms with van der Waals surface area (Å²) in [5.74, 6) is 1.66. The maximum atomic E-state index is 12.6. The predicted molar refractivity (Wildman–Crippen MR) is 82.9 cm³/mol. The Labute approximate surface area is 127 Å². The van der Waals surface area contributed by atoms with Crippen molar-refractivity contribution in [2.45, 2.75) is 45.1 Å². The summed E-state index contributed by atoms with van der Waals surface area (Å²) in [5, 5.41) is 0. The van der Waals surface area contributed by atoms with Crippen LogP contribution in [0.25, 0.3) is 0 Å². The van der Waals surface area contributed by atoms with E-state index < -0.39 is 0 Å². The highest BCUT2D eigenvalue weighted by Gasteiger charge is 2.25. The molecule has 116 valence electrons. The van der Waals surface area contributed by atoms with Crippen molar-refractivity contribution < 1.29 is 14.3 Å². The molecular formula is C17H25NO3. The molecule has 0 bridgehead atoms. The Hall–Kier alpha value is -1.71. The van der Waals surface area contributed by atoms with E-state index in [0.717, 1.165) is 37.1 Å². The maximum absolute atomic E-state index is 12.6. The molecular weight excluding hydrogens is 266 g/mol. The normalized spacial score (nSPS) is 18.4. The number of benzene rings is 1. The van der Waals surface area contributed by atoms with Gasteiger partial charge < -0.3 is 14.4 Å². The van der Waals surface area contributed by atoms with Crippen LogP contribution in [0.1, 0.15) is 38.2 Å². The molecule has 1 unspecified atom stereocenters. The number of hydrogen-bond acceptors (Lipinski definition) is 3. The molecule has 0 aromatic heterocycles. The smallest absolute Gasteiger partial charge is 0.227 e. The standard InChI is InChI=1S/C17H25NO3/c1-4-14-7-5-6-10-18(14)17(19)11-13-8-9-15(20-2)12-16(13)21-3/h8-9,12,14H,4-7,10-11H2,1-3H3. The summed E-state index contributed by atoms with van der Waals surface area (Å²) < 4.78 is 10.6. The van der Waals surface area contributed by atoms with Gasteiger partial charge in [0.05, 0.1) is 20.6 Å². The molecule has 1 saturated heterocycles. The Bertz CT molecular complexity index is 487. The Morgan fingerprint density at radius 3 is 2.76 bits per heavy atom. The first kappa shape index (κ1) is 15.7. The van der Waals surface area contributed by atoms with Gasteiger partial charge in [0, 0.05) is 24.2 Å². The van der Waals surface area contributed by atoms with Gasteiger partial charge in [-0.3, -0.25) is 4.79 Å². The number of likely N-dealkylation sites (tertiary alicyclic amines) is 1. The minimum atomic E-state index is 0.199. The van der Waals surface area contributed by atoms with Crippen LogP contribution >= 0.6 is 0 Å². The molecule has 1 fully saturated rings. The van der Waals surface area contributed by atoms with Crippen LogP contribution in [0.2, 0.25) is 0 Å². The van der Waals surface area contributed by atoms with Gasteiger partial charge in [0.2, 0.25) is 5.91 Å². The topological polar surface area (TPSA) is 38.8 Å². The van der Waals surface area contributed by atoms with Crippen molar-refractivity contribution in [3.8, 4) is 11.5 Å². The average molecular weight is 291 g/mol. The largest absolute Gasteiger partial charge is 0.497 e. The lowest BCUT2D eigenvalue weighted by molar-refractivity contribution is -0.134. The Morgan fingerprint density at radius 1 is 1.29 bits per heavy atom. The van der Waals surface area contributed by atoms with Gasteiger partial charge in [-0.05, 0) is 31.7 Å². The zero-order chi connectivity index (χ0) is 15.2. The van der Waals surface area contributed by atoms with Gasteiger partial charge in [0.15, 0.2) is 0 Å². The van der Waals surface area contributed by atoms with Gasteiger partial charge in [-0.1, -0.05) is 13.0 Å². The Morgan fingerprint density at radius 2 is 2.10 bits per heavy atom. The number of ether oxygens (including phenoxy) is 2. The SMILES string of the molecule is CCC1CCCCN1C(=O)Cc1ccc(OC)cc1OC.